The Morgan fingerprint density at radius 1 is 1.33 bits per heavy atom. The lowest BCUT2D eigenvalue weighted by molar-refractivity contribution is -0.00239. The fraction of sp³-hybridized carbons (Fsp3) is 0.600. The van der Waals surface area contributed by atoms with E-state index in [0.717, 1.165) is 38.2 Å². The van der Waals surface area contributed by atoms with E-state index >= 15 is 0 Å². The standard InChI is InChI=1S/C15H21NO2/c1-2-12-9-11(7-8-17-12)16-14-10-18-15-6-4-3-5-13(14)15/h3-6,11-12,14,16H,2,7-10H2,1H3. The van der Waals surface area contributed by atoms with Gasteiger partial charge in [-0.25, -0.2) is 0 Å². The van der Waals surface area contributed by atoms with Crippen LogP contribution in [0.15, 0.2) is 24.3 Å². The average molecular weight is 247 g/mol. The Labute approximate surface area is 108 Å². The van der Waals surface area contributed by atoms with Gasteiger partial charge < -0.3 is 14.8 Å². The minimum Gasteiger partial charge on any atom is -0.491 e. The molecule has 2 aliphatic rings. The van der Waals surface area contributed by atoms with Gasteiger partial charge in [0.25, 0.3) is 0 Å². The third kappa shape index (κ3) is 2.38. The minimum atomic E-state index is 0.349. The van der Waals surface area contributed by atoms with Crippen molar-refractivity contribution in [3.63, 3.8) is 0 Å². The van der Waals surface area contributed by atoms with Gasteiger partial charge in [-0.15, -0.1) is 0 Å². The van der Waals surface area contributed by atoms with Gasteiger partial charge in [0.05, 0.1) is 12.1 Å². The van der Waals surface area contributed by atoms with Gasteiger partial charge in [0.1, 0.15) is 12.4 Å². The van der Waals surface area contributed by atoms with E-state index in [1.807, 2.05) is 6.07 Å². The third-order valence-corrected chi connectivity index (χ3v) is 3.96. The van der Waals surface area contributed by atoms with Gasteiger partial charge in [-0.2, -0.15) is 0 Å². The lowest BCUT2D eigenvalue weighted by atomic mass is 9.99. The molecule has 3 atom stereocenters. The molecule has 0 radical (unpaired) electrons. The zero-order valence-corrected chi connectivity index (χ0v) is 10.9. The highest BCUT2D eigenvalue weighted by Gasteiger charge is 2.28. The summed E-state index contributed by atoms with van der Waals surface area (Å²) in [6.45, 7) is 3.83. The summed E-state index contributed by atoms with van der Waals surface area (Å²) < 4.78 is 11.4. The summed E-state index contributed by atoms with van der Waals surface area (Å²) >= 11 is 0. The fourth-order valence-electron chi connectivity index (χ4n) is 2.90. The van der Waals surface area contributed by atoms with E-state index < -0.39 is 0 Å². The van der Waals surface area contributed by atoms with Crippen LogP contribution in [0.1, 0.15) is 37.8 Å². The topological polar surface area (TPSA) is 30.5 Å². The Bertz CT molecular complexity index is 407. The smallest absolute Gasteiger partial charge is 0.124 e. The lowest BCUT2D eigenvalue weighted by Crippen LogP contribution is -2.41. The summed E-state index contributed by atoms with van der Waals surface area (Å²) in [5.74, 6) is 1.04. The molecule has 98 valence electrons. The van der Waals surface area contributed by atoms with Gasteiger partial charge in [-0.3, -0.25) is 0 Å². The van der Waals surface area contributed by atoms with Gasteiger partial charge in [0.2, 0.25) is 0 Å². The maximum atomic E-state index is 5.72. The van der Waals surface area contributed by atoms with Crippen LogP contribution < -0.4 is 10.1 Å². The van der Waals surface area contributed by atoms with E-state index in [0.29, 0.717) is 18.2 Å². The van der Waals surface area contributed by atoms with Crippen molar-refractivity contribution in [2.24, 2.45) is 0 Å². The minimum absolute atomic E-state index is 0.349. The van der Waals surface area contributed by atoms with Crippen LogP contribution in [0.4, 0.5) is 0 Å². The molecule has 0 bridgehead atoms. The first-order valence-electron chi connectivity index (χ1n) is 6.96. The monoisotopic (exact) mass is 247 g/mol. The predicted octanol–water partition coefficient (Wildman–Crippen LogP) is 2.67. The van der Waals surface area contributed by atoms with Crippen molar-refractivity contribution in [2.45, 2.75) is 44.4 Å². The molecule has 1 saturated heterocycles. The highest BCUT2D eigenvalue weighted by molar-refractivity contribution is 5.39. The van der Waals surface area contributed by atoms with Crippen molar-refractivity contribution in [2.75, 3.05) is 13.2 Å². The number of fused-ring (bicyclic) bond motifs is 1. The van der Waals surface area contributed by atoms with E-state index in [4.69, 9.17) is 9.47 Å². The largest absolute Gasteiger partial charge is 0.491 e. The summed E-state index contributed by atoms with van der Waals surface area (Å²) in [6, 6.07) is 9.24. The second kappa shape index (κ2) is 5.29. The normalized spacial score (nSPS) is 30.8. The van der Waals surface area contributed by atoms with Gasteiger partial charge in [0.15, 0.2) is 0 Å². The van der Waals surface area contributed by atoms with Crippen LogP contribution in [0, 0.1) is 0 Å². The van der Waals surface area contributed by atoms with Crippen molar-refractivity contribution in [3.05, 3.63) is 29.8 Å². The van der Waals surface area contributed by atoms with Crippen LogP contribution in [-0.2, 0) is 4.74 Å². The maximum absolute atomic E-state index is 5.72. The molecule has 18 heavy (non-hydrogen) atoms. The van der Waals surface area contributed by atoms with E-state index in [1.165, 1.54) is 5.56 Å². The van der Waals surface area contributed by atoms with Crippen molar-refractivity contribution < 1.29 is 9.47 Å². The molecule has 1 N–H and O–H groups in total. The maximum Gasteiger partial charge on any atom is 0.124 e. The zero-order chi connectivity index (χ0) is 12.4. The number of rotatable bonds is 3. The highest BCUT2D eigenvalue weighted by atomic mass is 16.5. The molecule has 1 fully saturated rings. The fourth-order valence-corrected chi connectivity index (χ4v) is 2.90. The molecule has 0 saturated carbocycles. The van der Waals surface area contributed by atoms with Crippen LogP contribution in [0.3, 0.4) is 0 Å². The zero-order valence-electron chi connectivity index (χ0n) is 10.9. The second-order valence-corrected chi connectivity index (χ2v) is 5.19. The SMILES string of the molecule is CCC1CC(NC2COc3ccccc32)CCO1. The summed E-state index contributed by atoms with van der Waals surface area (Å²) in [5.41, 5.74) is 1.30. The third-order valence-electron chi connectivity index (χ3n) is 3.96. The van der Waals surface area contributed by atoms with E-state index in [9.17, 15) is 0 Å². The molecule has 3 rings (SSSR count). The van der Waals surface area contributed by atoms with E-state index in [1.54, 1.807) is 0 Å². The Morgan fingerprint density at radius 2 is 2.22 bits per heavy atom. The summed E-state index contributed by atoms with van der Waals surface area (Å²) in [4.78, 5) is 0. The number of hydrogen-bond acceptors (Lipinski definition) is 3. The molecule has 1 aromatic carbocycles. The van der Waals surface area contributed by atoms with Crippen molar-refractivity contribution >= 4 is 0 Å². The predicted molar refractivity (Wildman–Crippen MR) is 70.9 cm³/mol. The first kappa shape index (κ1) is 12.0. The van der Waals surface area contributed by atoms with Gasteiger partial charge in [0, 0.05) is 18.2 Å². The molecule has 2 aliphatic heterocycles. The number of ether oxygens (including phenoxy) is 2. The van der Waals surface area contributed by atoms with Gasteiger partial charge >= 0.3 is 0 Å². The molecular formula is C15H21NO2. The molecule has 0 amide bonds. The average Bonchev–Trinajstić information content (AvgIpc) is 2.83. The molecule has 1 aromatic rings. The number of hydrogen-bond donors (Lipinski definition) is 1. The van der Waals surface area contributed by atoms with Crippen molar-refractivity contribution in [3.8, 4) is 5.75 Å². The van der Waals surface area contributed by atoms with Crippen LogP contribution in [-0.4, -0.2) is 25.4 Å². The molecular weight excluding hydrogens is 226 g/mol. The molecule has 3 nitrogen and oxygen atoms in total. The van der Waals surface area contributed by atoms with Crippen LogP contribution in [0.25, 0.3) is 0 Å². The van der Waals surface area contributed by atoms with Crippen LogP contribution >= 0.6 is 0 Å². The van der Waals surface area contributed by atoms with E-state index in [2.05, 4.69) is 30.4 Å². The number of benzene rings is 1. The summed E-state index contributed by atoms with van der Waals surface area (Å²) in [6.07, 6.45) is 3.76. The number of nitrogens with one attached hydrogen (secondary N) is 1. The first-order valence-corrected chi connectivity index (χ1v) is 6.96. The molecule has 3 unspecified atom stereocenters. The highest BCUT2D eigenvalue weighted by Crippen LogP contribution is 2.32. The first-order chi connectivity index (χ1) is 8.86. The van der Waals surface area contributed by atoms with E-state index in [-0.39, 0.29) is 0 Å². The Morgan fingerprint density at radius 3 is 3.11 bits per heavy atom. The summed E-state index contributed by atoms with van der Waals surface area (Å²) in [7, 11) is 0. The molecule has 0 aromatic heterocycles. The van der Waals surface area contributed by atoms with Crippen molar-refractivity contribution in [1.29, 1.82) is 0 Å². The molecule has 2 heterocycles. The van der Waals surface area contributed by atoms with Gasteiger partial charge in [-0.1, -0.05) is 25.1 Å². The van der Waals surface area contributed by atoms with Crippen molar-refractivity contribution in [1.82, 2.24) is 5.32 Å². The van der Waals surface area contributed by atoms with Crippen LogP contribution in [0.5, 0.6) is 5.75 Å². The molecule has 0 spiro atoms. The molecule has 3 heteroatoms. The Balaban J connectivity index is 1.64. The second-order valence-electron chi connectivity index (χ2n) is 5.19. The van der Waals surface area contributed by atoms with Crippen LogP contribution in [0.2, 0.25) is 0 Å². The lowest BCUT2D eigenvalue weighted by Gasteiger charge is -2.31. The Hall–Kier alpha value is -1.06. The quantitative estimate of drug-likeness (QED) is 0.890. The molecule has 0 aliphatic carbocycles. The number of para-hydroxylation sites is 1. The summed E-state index contributed by atoms with van der Waals surface area (Å²) in [5, 5.41) is 3.73. The Kier molecular flexibility index (Phi) is 3.52. The van der Waals surface area contributed by atoms with Gasteiger partial charge in [-0.05, 0) is 25.3 Å².